The van der Waals surface area contributed by atoms with E-state index in [1.165, 1.54) is 0 Å². The molecule has 15 heavy (non-hydrogen) atoms. The largest absolute Gasteiger partial charge is 0.396 e. The van der Waals surface area contributed by atoms with E-state index in [0.29, 0.717) is 12.2 Å². The topological polar surface area (TPSA) is 68.8 Å². The van der Waals surface area contributed by atoms with Crippen molar-refractivity contribution in [2.75, 3.05) is 11.1 Å². The third-order valence-corrected chi connectivity index (χ3v) is 2.08. The smallest absolute Gasteiger partial charge is 0.0815 e. The van der Waals surface area contributed by atoms with Crippen molar-refractivity contribution < 1.29 is 0 Å². The van der Waals surface area contributed by atoms with E-state index in [4.69, 9.17) is 5.73 Å². The summed E-state index contributed by atoms with van der Waals surface area (Å²) in [6.07, 6.45) is 5.24. The van der Waals surface area contributed by atoms with Gasteiger partial charge in [0.15, 0.2) is 0 Å². The Morgan fingerprint density at radius 3 is 3.00 bits per heavy atom. The van der Waals surface area contributed by atoms with E-state index in [0.717, 1.165) is 11.4 Å². The number of nitrogens with one attached hydrogen (secondary N) is 1. The molecule has 5 nitrogen and oxygen atoms in total. The number of hydrogen-bond donors (Lipinski definition) is 2. The van der Waals surface area contributed by atoms with Crippen LogP contribution in [0.1, 0.15) is 5.69 Å². The Hall–Kier alpha value is -2.04. The van der Waals surface area contributed by atoms with Gasteiger partial charge < -0.3 is 11.1 Å². The molecule has 0 saturated heterocycles. The van der Waals surface area contributed by atoms with Crippen LogP contribution in [0.5, 0.6) is 0 Å². The highest BCUT2D eigenvalue weighted by atomic mass is 15.3. The number of hydrogen-bond acceptors (Lipinski definition) is 4. The summed E-state index contributed by atoms with van der Waals surface area (Å²) in [4.78, 5) is 3.92. The Morgan fingerprint density at radius 2 is 2.33 bits per heavy atom. The van der Waals surface area contributed by atoms with Crippen LogP contribution in [0.3, 0.4) is 0 Å². The van der Waals surface area contributed by atoms with Gasteiger partial charge in [-0.2, -0.15) is 5.10 Å². The minimum Gasteiger partial charge on any atom is -0.396 e. The molecule has 0 aliphatic carbocycles. The molecular weight excluding hydrogens is 190 g/mol. The van der Waals surface area contributed by atoms with Gasteiger partial charge in [-0.25, -0.2) is 0 Å². The number of nitrogens with two attached hydrogens (primary N) is 1. The van der Waals surface area contributed by atoms with Gasteiger partial charge in [-0.05, 0) is 12.1 Å². The maximum absolute atomic E-state index is 5.74. The van der Waals surface area contributed by atoms with E-state index in [-0.39, 0.29) is 0 Å². The standard InChI is InChI=1S/C10H13N5/c1-15-5-3-8(14-15)6-13-10-2-4-12-7-9(10)11/h2-5,7H,6,11H2,1H3,(H,12,13). The Bertz CT molecular complexity index is 449. The average Bonchev–Trinajstić information content (AvgIpc) is 2.63. The van der Waals surface area contributed by atoms with Crippen LogP contribution in [0.15, 0.2) is 30.7 Å². The van der Waals surface area contributed by atoms with Gasteiger partial charge in [-0.1, -0.05) is 0 Å². The molecule has 78 valence electrons. The Kier molecular flexibility index (Phi) is 2.53. The summed E-state index contributed by atoms with van der Waals surface area (Å²) < 4.78 is 1.77. The van der Waals surface area contributed by atoms with Crippen LogP contribution in [0.4, 0.5) is 11.4 Å². The van der Waals surface area contributed by atoms with E-state index in [1.807, 2.05) is 25.4 Å². The van der Waals surface area contributed by atoms with Gasteiger partial charge in [0.2, 0.25) is 0 Å². The van der Waals surface area contributed by atoms with Crippen LogP contribution in [-0.2, 0) is 13.6 Å². The fourth-order valence-corrected chi connectivity index (χ4v) is 1.31. The number of nitrogens with zero attached hydrogens (tertiary/aromatic N) is 3. The van der Waals surface area contributed by atoms with Crippen molar-refractivity contribution in [2.24, 2.45) is 7.05 Å². The molecule has 2 aromatic rings. The van der Waals surface area contributed by atoms with Crippen molar-refractivity contribution in [3.63, 3.8) is 0 Å². The third-order valence-electron chi connectivity index (χ3n) is 2.08. The molecule has 2 rings (SSSR count). The van der Waals surface area contributed by atoms with Crippen LogP contribution < -0.4 is 11.1 Å². The fraction of sp³-hybridized carbons (Fsp3) is 0.200. The zero-order valence-electron chi connectivity index (χ0n) is 8.51. The molecule has 3 N–H and O–H groups in total. The predicted molar refractivity (Wildman–Crippen MR) is 59.2 cm³/mol. The summed E-state index contributed by atoms with van der Waals surface area (Å²) >= 11 is 0. The van der Waals surface area contributed by atoms with E-state index < -0.39 is 0 Å². The van der Waals surface area contributed by atoms with Crippen LogP contribution in [0, 0.1) is 0 Å². The molecule has 0 aliphatic rings. The van der Waals surface area contributed by atoms with Crippen LogP contribution in [0.2, 0.25) is 0 Å². The summed E-state index contributed by atoms with van der Waals surface area (Å²) in [5, 5.41) is 7.45. The lowest BCUT2D eigenvalue weighted by molar-refractivity contribution is 0.747. The van der Waals surface area contributed by atoms with Crippen molar-refractivity contribution in [3.05, 3.63) is 36.4 Å². The van der Waals surface area contributed by atoms with Crippen molar-refractivity contribution in [1.82, 2.24) is 14.8 Å². The lowest BCUT2D eigenvalue weighted by Gasteiger charge is -2.06. The lowest BCUT2D eigenvalue weighted by Crippen LogP contribution is -2.03. The van der Waals surface area contributed by atoms with E-state index in [2.05, 4.69) is 15.4 Å². The fourth-order valence-electron chi connectivity index (χ4n) is 1.31. The molecule has 0 spiro atoms. The zero-order valence-corrected chi connectivity index (χ0v) is 8.51. The highest BCUT2D eigenvalue weighted by Gasteiger charge is 1.99. The number of anilines is 2. The molecule has 0 amide bonds. The summed E-state index contributed by atoms with van der Waals surface area (Å²) in [7, 11) is 1.89. The number of aromatic nitrogens is 3. The van der Waals surface area contributed by atoms with Crippen molar-refractivity contribution in [3.8, 4) is 0 Å². The third kappa shape index (κ3) is 2.25. The number of pyridine rings is 1. The molecule has 0 saturated carbocycles. The number of nitrogen functional groups attached to an aromatic ring is 1. The van der Waals surface area contributed by atoms with E-state index >= 15 is 0 Å². The Morgan fingerprint density at radius 1 is 1.47 bits per heavy atom. The summed E-state index contributed by atoms with van der Waals surface area (Å²) in [6.45, 7) is 0.662. The van der Waals surface area contributed by atoms with Crippen LogP contribution >= 0.6 is 0 Å². The quantitative estimate of drug-likeness (QED) is 0.781. The molecule has 0 fully saturated rings. The molecule has 5 heteroatoms. The Labute approximate surface area is 87.9 Å². The van der Waals surface area contributed by atoms with Gasteiger partial charge in [-0.3, -0.25) is 9.67 Å². The second-order valence-corrected chi connectivity index (χ2v) is 3.30. The van der Waals surface area contributed by atoms with E-state index in [9.17, 15) is 0 Å². The molecule has 0 unspecified atom stereocenters. The SMILES string of the molecule is Cn1ccc(CNc2ccncc2N)n1. The van der Waals surface area contributed by atoms with Gasteiger partial charge in [0.05, 0.1) is 29.8 Å². The number of rotatable bonds is 3. The van der Waals surface area contributed by atoms with Crippen LogP contribution in [0.25, 0.3) is 0 Å². The predicted octanol–water partition coefficient (Wildman–Crippen LogP) is 1.01. The maximum Gasteiger partial charge on any atom is 0.0815 e. The Balaban J connectivity index is 2.02. The highest BCUT2D eigenvalue weighted by molar-refractivity contribution is 5.64. The van der Waals surface area contributed by atoms with E-state index in [1.54, 1.807) is 17.1 Å². The maximum atomic E-state index is 5.74. The molecule has 0 aliphatic heterocycles. The second-order valence-electron chi connectivity index (χ2n) is 3.30. The van der Waals surface area contributed by atoms with Crippen molar-refractivity contribution in [1.29, 1.82) is 0 Å². The van der Waals surface area contributed by atoms with Gasteiger partial charge in [0.1, 0.15) is 0 Å². The monoisotopic (exact) mass is 203 g/mol. The first-order valence-electron chi connectivity index (χ1n) is 4.67. The molecule has 0 atom stereocenters. The van der Waals surface area contributed by atoms with Crippen molar-refractivity contribution >= 4 is 11.4 Å². The lowest BCUT2D eigenvalue weighted by atomic mass is 10.3. The molecule has 2 aromatic heterocycles. The van der Waals surface area contributed by atoms with Gasteiger partial charge in [0.25, 0.3) is 0 Å². The zero-order chi connectivity index (χ0) is 10.7. The average molecular weight is 203 g/mol. The summed E-state index contributed by atoms with van der Waals surface area (Å²) in [5.74, 6) is 0. The minimum absolute atomic E-state index is 0.647. The molecule has 0 aromatic carbocycles. The normalized spacial score (nSPS) is 10.2. The minimum atomic E-state index is 0.647. The molecule has 0 bridgehead atoms. The molecular formula is C10H13N5. The first-order chi connectivity index (χ1) is 7.25. The summed E-state index contributed by atoms with van der Waals surface area (Å²) in [6, 6.07) is 3.81. The molecule has 0 radical (unpaired) electrons. The highest BCUT2D eigenvalue weighted by Crippen LogP contribution is 2.15. The van der Waals surface area contributed by atoms with Gasteiger partial charge in [-0.15, -0.1) is 0 Å². The second kappa shape index (κ2) is 4.00. The van der Waals surface area contributed by atoms with Crippen LogP contribution in [-0.4, -0.2) is 14.8 Å². The van der Waals surface area contributed by atoms with Gasteiger partial charge >= 0.3 is 0 Å². The van der Waals surface area contributed by atoms with Gasteiger partial charge in [0, 0.05) is 19.4 Å². The summed E-state index contributed by atoms with van der Waals surface area (Å²) in [5.41, 5.74) is 8.25. The first kappa shape index (κ1) is 9.51. The first-order valence-corrected chi connectivity index (χ1v) is 4.67. The molecule has 2 heterocycles. The van der Waals surface area contributed by atoms with Crippen molar-refractivity contribution in [2.45, 2.75) is 6.54 Å². The number of aryl methyl sites for hydroxylation is 1.